The number of hydrogen-bond acceptors (Lipinski definition) is 5. The minimum absolute atomic E-state index is 0.0575. The van der Waals surface area contributed by atoms with Crippen molar-refractivity contribution in [1.82, 2.24) is 0 Å². The molecule has 1 saturated heterocycles. The number of carboxylic acids is 1. The number of carbonyl (C=O) groups is 3. The van der Waals surface area contributed by atoms with Crippen molar-refractivity contribution in [3.8, 4) is 5.75 Å². The van der Waals surface area contributed by atoms with Crippen LogP contribution in [0.15, 0.2) is 53.4 Å². The highest BCUT2D eigenvalue weighted by Crippen LogP contribution is 2.36. The number of amides is 2. The molecule has 1 fully saturated rings. The van der Waals surface area contributed by atoms with Gasteiger partial charge in [0.2, 0.25) is 0 Å². The zero-order valence-corrected chi connectivity index (χ0v) is 17.6. The number of thioether (sulfide) groups is 1. The van der Waals surface area contributed by atoms with Crippen molar-refractivity contribution >= 4 is 40.6 Å². The Bertz CT molecular complexity index is 983. The van der Waals surface area contributed by atoms with Crippen molar-refractivity contribution in [2.75, 3.05) is 11.5 Å². The summed E-state index contributed by atoms with van der Waals surface area (Å²) in [5, 5.41) is 8.36. The van der Waals surface area contributed by atoms with E-state index in [-0.39, 0.29) is 24.2 Å². The number of hydrogen-bond donors (Lipinski definition) is 1. The molecule has 1 heterocycles. The minimum atomic E-state index is -0.933. The largest absolute Gasteiger partial charge is 0.493 e. The van der Waals surface area contributed by atoms with Gasteiger partial charge in [-0.05, 0) is 65.6 Å². The van der Waals surface area contributed by atoms with Gasteiger partial charge in [-0.25, -0.2) is 4.90 Å². The molecule has 156 valence electrons. The molecule has 2 amide bonds. The predicted molar refractivity (Wildman–Crippen MR) is 118 cm³/mol. The van der Waals surface area contributed by atoms with Gasteiger partial charge in [-0.1, -0.05) is 38.1 Å². The molecule has 0 spiro atoms. The number of ether oxygens (including phenoxy) is 1. The van der Waals surface area contributed by atoms with Crippen molar-refractivity contribution in [3.63, 3.8) is 0 Å². The number of aliphatic carboxylic acids is 1. The molecule has 0 radical (unpaired) electrons. The Morgan fingerprint density at radius 1 is 1.20 bits per heavy atom. The van der Waals surface area contributed by atoms with Crippen LogP contribution in [0.2, 0.25) is 0 Å². The maximum Gasteiger partial charge on any atom is 0.306 e. The average Bonchev–Trinajstić information content (AvgIpc) is 3.00. The number of imide groups is 1. The van der Waals surface area contributed by atoms with Gasteiger partial charge in [-0.3, -0.25) is 14.4 Å². The Hall–Kier alpha value is -3.06. The van der Waals surface area contributed by atoms with Gasteiger partial charge in [0.25, 0.3) is 11.1 Å². The van der Waals surface area contributed by atoms with Gasteiger partial charge in [0.15, 0.2) is 0 Å². The Morgan fingerprint density at radius 3 is 2.60 bits per heavy atom. The molecule has 2 aromatic carbocycles. The lowest BCUT2D eigenvalue weighted by atomic mass is 9.98. The Morgan fingerprint density at radius 2 is 1.93 bits per heavy atom. The van der Waals surface area contributed by atoms with Crippen molar-refractivity contribution < 1.29 is 24.2 Å². The van der Waals surface area contributed by atoms with Gasteiger partial charge in [0.1, 0.15) is 5.75 Å². The third kappa shape index (κ3) is 5.10. The number of anilines is 1. The fraction of sp³-hybridized carbons (Fsp3) is 0.261. The molecular weight excluding hydrogens is 402 g/mol. The molecule has 0 bridgehead atoms. The average molecular weight is 426 g/mol. The van der Waals surface area contributed by atoms with Crippen LogP contribution in [0.3, 0.4) is 0 Å². The van der Waals surface area contributed by atoms with E-state index >= 15 is 0 Å². The van der Waals surface area contributed by atoms with E-state index in [1.54, 1.807) is 42.5 Å². The van der Waals surface area contributed by atoms with Gasteiger partial charge in [0.05, 0.1) is 23.6 Å². The second-order valence-electron chi connectivity index (χ2n) is 6.98. The first-order valence-corrected chi connectivity index (χ1v) is 10.5. The monoisotopic (exact) mass is 425 g/mol. The van der Waals surface area contributed by atoms with E-state index in [4.69, 9.17) is 9.84 Å². The van der Waals surface area contributed by atoms with E-state index in [1.165, 1.54) is 10.5 Å². The molecule has 0 saturated carbocycles. The first-order valence-electron chi connectivity index (χ1n) is 9.71. The van der Waals surface area contributed by atoms with Gasteiger partial charge < -0.3 is 9.84 Å². The van der Waals surface area contributed by atoms with E-state index < -0.39 is 5.97 Å². The molecule has 1 N–H and O–H groups in total. The van der Waals surface area contributed by atoms with Crippen LogP contribution in [-0.4, -0.2) is 28.8 Å². The van der Waals surface area contributed by atoms with Gasteiger partial charge in [-0.2, -0.15) is 0 Å². The Balaban J connectivity index is 1.76. The van der Waals surface area contributed by atoms with Crippen molar-refractivity contribution in [3.05, 3.63) is 64.6 Å². The molecule has 2 aromatic rings. The molecule has 1 aliphatic rings. The zero-order valence-electron chi connectivity index (χ0n) is 16.8. The van der Waals surface area contributed by atoms with Crippen LogP contribution in [0.25, 0.3) is 6.08 Å². The molecule has 0 aromatic heterocycles. The number of nitrogens with zero attached hydrogens (tertiary/aromatic N) is 1. The highest BCUT2D eigenvalue weighted by Gasteiger charge is 2.36. The van der Waals surface area contributed by atoms with Crippen LogP contribution in [0.5, 0.6) is 5.75 Å². The van der Waals surface area contributed by atoms with Crippen LogP contribution in [0.1, 0.15) is 43.7 Å². The van der Waals surface area contributed by atoms with Crippen LogP contribution >= 0.6 is 11.8 Å². The topological polar surface area (TPSA) is 83.9 Å². The summed E-state index contributed by atoms with van der Waals surface area (Å²) in [6.07, 6.45) is 2.56. The fourth-order valence-electron chi connectivity index (χ4n) is 2.98. The SMILES string of the molecule is CCC(C)c1ccc(N2C(=O)S/C(=C/c3cccc(OCCC(=O)O)c3)C2=O)cc1. The third-order valence-electron chi connectivity index (χ3n) is 4.87. The summed E-state index contributed by atoms with van der Waals surface area (Å²) >= 11 is 0.894. The molecule has 3 rings (SSSR count). The maximum absolute atomic E-state index is 12.8. The first-order chi connectivity index (χ1) is 14.4. The highest BCUT2D eigenvalue weighted by molar-refractivity contribution is 8.19. The Kier molecular flexibility index (Phi) is 6.95. The molecule has 1 atom stereocenters. The zero-order chi connectivity index (χ0) is 21.7. The summed E-state index contributed by atoms with van der Waals surface area (Å²) < 4.78 is 5.42. The Labute approximate surface area is 179 Å². The van der Waals surface area contributed by atoms with Crippen LogP contribution in [0.4, 0.5) is 10.5 Å². The van der Waals surface area contributed by atoms with E-state index in [9.17, 15) is 14.4 Å². The number of carboxylic acid groups (broad SMARTS) is 1. The van der Waals surface area contributed by atoms with Crippen LogP contribution in [-0.2, 0) is 9.59 Å². The summed E-state index contributed by atoms with van der Waals surface area (Å²) in [7, 11) is 0. The quantitative estimate of drug-likeness (QED) is 0.578. The molecular formula is C23H23NO5S. The predicted octanol–water partition coefficient (Wildman–Crippen LogP) is 5.29. The molecule has 1 aliphatic heterocycles. The van der Waals surface area contributed by atoms with Gasteiger partial charge in [0, 0.05) is 0 Å². The summed E-state index contributed by atoms with van der Waals surface area (Å²) in [6.45, 7) is 4.31. The van der Waals surface area contributed by atoms with E-state index in [2.05, 4.69) is 13.8 Å². The molecule has 7 heteroatoms. The van der Waals surface area contributed by atoms with Crippen molar-refractivity contribution in [2.24, 2.45) is 0 Å². The van der Waals surface area contributed by atoms with Crippen molar-refractivity contribution in [2.45, 2.75) is 32.6 Å². The third-order valence-corrected chi connectivity index (χ3v) is 5.74. The summed E-state index contributed by atoms with van der Waals surface area (Å²) in [4.78, 5) is 37.4. The summed E-state index contributed by atoms with van der Waals surface area (Å²) in [6, 6.07) is 14.5. The summed E-state index contributed by atoms with van der Waals surface area (Å²) in [5.41, 5.74) is 2.42. The number of rotatable bonds is 8. The molecule has 30 heavy (non-hydrogen) atoms. The minimum Gasteiger partial charge on any atom is -0.493 e. The number of carbonyl (C=O) groups excluding carboxylic acids is 2. The fourth-order valence-corrected chi connectivity index (χ4v) is 3.82. The van der Waals surface area contributed by atoms with E-state index in [0.717, 1.165) is 18.2 Å². The van der Waals surface area contributed by atoms with Crippen LogP contribution < -0.4 is 9.64 Å². The standard InChI is InChI=1S/C23H23NO5S/c1-3-15(2)17-7-9-18(10-8-17)24-22(27)20(30-23(24)28)14-16-5-4-6-19(13-16)29-12-11-21(25)26/h4-10,13-15H,3,11-12H2,1-2H3,(H,25,26)/b20-14+. The second-order valence-corrected chi connectivity index (χ2v) is 7.98. The lowest BCUT2D eigenvalue weighted by Gasteiger charge is -2.14. The van der Waals surface area contributed by atoms with Crippen LogP contribution in [0, 0.1) is 0 Å². The smallest absolute Gasteiger partial charge is 0.306 e. The molecule has 0 aliphatic carbocycles. The summed E-state index contributed by atoms with van der Waals surface area (Å²) in [5.74, 6) is -0.376. The van der Waals surface area contributed by atoms with Gasteiger partial charge in [-0.15, -0.1) is 0 Å². The highest BCUT2D eigenvalue weighted by atomic mass is 32.2. The number of benzene rings is 2. The van der Waals surface area contributed by atoms with E-state index in [0.29, 0.717) is 27.8 Å². The van der Waals surface area contributed by atoms with Crippen molar-refractivity contribution in [1.29, 1.82) is 0 Å². The normalized spacial score (nSPS) is 16.2. The van der Waals surface area contributed by atoms with E-state index in [1.807, 2.05) is 12.1 Å². The second kappa shape index (κ2) is 9.63. The lowest BCUT2D eigenvalue weighted by molar-refractivity contribution is -0.137. The first kappa shape index (κ1) is 21.6. The van der Waals surface area contributed by atoms with Gasteiger partial charge >= 0.3 is 5.97 Å². The maximum atomic E-state index is 12.8. The molecule has 6 nitrogen and oxygen atoms in total. The lowest BCUT2D eigenvalue weighted by Crippen LogP contribution is -2.27. The molecule has 1 unspecified atom stereocenters.